The second-order valence-corrected chi connectivity index (χ2v) is 2.35. The van der Waals surface area contributed by atoms with Gasteiger partial charge in [-0.15, -0.1) is 0 Å². The van der Waals surface area contributed by atoms with Crippen LogP contribution in [0.15, 0.2) is 12.4 Å². The third kappa shape index (κ3) is 3.63. The molecular weight excluding hydrogens is 171 g/mol. The van der Waals surface area contributed by atoms with Gasteiger partial charge in [-0.2, -0.15) is 0 Å². The van der Waals surface area contributed by atoms with E-state index in [-0.39, 0.29) is 6.61 Å². The molecule has 0 aromatic carbocycles. The highest BCUT2D eigenvalue weighted by atomic mass is 19.1. The van der Waals surface area contributed by atoms with E-state index in [0.717, 1.165) is 12.4 Å². The van der Waals surface area contributed by atoms with E-state index in [4.69, 9.17) is 5.11 Å². The number of nitrogens with zero attached hydrogens (tertiary/aromatic N) is 2. The predicted molar refractivity (Wildman–Crippen MR) is 45.2 cm³/mol. The van der Waals surface area contributed by atoms with Crippen LogP contribution in [0.25, 0.3) is 0 Å². The quantitative estimate of drug-likeness (QED) is 0.539. The van der Waals surface area contributed by atoms with Crippen molar-refractivity contribution in [3.8, 4) is 11.8 Å². The molecule has 0 bridgehead atoms. The van der Waals surface area contributed by atoms with Crippen LogP contribution in [0.4, 0.5) is 4.39 Å². The number of rotatable bonds is 2. The van der Waals surface area contributed by atoms with E-state index in [2.05, 4.69) is 21.8 Å². The van der Waals surface area contributed by atoms with Gasteiger partial charge in [0.1, 0.15) is 0 Å². The van der Waals surface area contributed by atoms with Crippen molar-refractivity contribution in [1.82, 2.24) is 9.97 Å². The van der Waals surface area contributed by atoms with Crippen molar-refractivity contribution in [2.24, 2.45) is 0 Å². The molecule has 0 saturated heterocycles. The van der Waals surface area contributed by atoms with Crippen LogP contribution >= 0.6 is 0 Å². The van der Waals surface area contributed by atoms with Crippen LogP contribution in [0.3, 0.4) is 0 Å². The Bertz CT molecular complexity index is 313. The molecule has 3 nitrogen and oxygen atoms in total. The van der Waals surface area contributed by atoms with Crippen molar-refractivity contribution in [2.75, 3.05) is 6.61 Å². The number of aliphatic hydroxyl groups is 1. The topological polar surface area (TPSA) is 46.0 Å². The Balaban J connectivity index is 2.52. The Kier molecular flexibility index (Phi) is 3.86. The molecule has 0 amide bonds. The molecule has 1 aromatic heterocycles. The van der Waals surface area contributed by atoms with E-state index in [0.29, 0.717) is 18.7 Å². The monoisotopic (exact) mass is 180 g/mol. The van der Waals surface area contributed by atoms with Crippen LogP contribution in [0, 0.1) is 17.7 Å². The molecule has 4 heteroatoms. The normalized spacial score (nSPS) is 9.08. The van der Waals surface area contributed by atoms with E-state index in [1.54, 1.807) is 0 Å². The molecule has 0 aliphatic carbocycles. The molecule has 0 aliphatic heterocycles. The van der Waals surface area contributed by atoms with Crippen LogP contribution in [-0.4, -0.2) is 21.7 Å². The van der Waals surface area contributed by atoms with Gasteiger partial charge in [-0.1, -0.05) is 5.92 Å². The van der Waals surface area contributed by atoms with Crippen molar-refractivity contribution >= 4 is 0 Å². The summed E-state index contributed by atoms with van der Waals surface area (Å²) in [5, 5.41) is 8.45. The van der Waals surface area contributed by atoms with Crippen LogP contribution in [0.2, 0.25) is 0 Å². The predicted octanol–water partition coefficient (Wildman–Crippen LogP) is 0.740. The summed E-state index contributed by atoms with van der Waals surface area (Å²) in [6, 6.07) is 0. The minimum absolute atomic E-state index is 0.124. The Morgan fingerprint density at radius 1 is 1.38 bits per heavy atom. The minimum Gasteiger partial charge on any atom is -0.396 e. The Morgan fingerprint density at radius 2 is 2.08 bits per heavy atom. The number of aromatic nitrogens is 2. The molecule has 1 aromatic rings. The summed E-state index contributed by atoms with van der Waals surface area (Å²) >= 11 is 0. The molecule has 13 heavy (non-hydrogen) atoms. The van der Waals surface area contributed by atoms with Gasteiger partial charge in [0.25, 0.3) is 0 Å². The lowest BCUT2D eigenvalue weighted by Gasteiger charge is -1.87. The summed E-state index contributed by atoms with van der Waals surface area (Å²) in [4.78, 5) is 7.31. The minimum atomic E-state index is -0.471. The first-order chi connectivity index (χ1) is 6.33. The SMILES string of the molecule is OCCCC#Cc1ncc(F)cn1. The summed E-state index contributed by atoms with van der Waals surface area (Å²) in [6.45, 7) is 0.124. The van der Waals surface area contributed by atoms with Gasteiger partial charge in [0, 0.05) is 13.0 Å². The number of hydrogen-bond acceptors (Lipinski definition) is 3. The van der Waals surface area contributed by atoms with Gasteiger partial charge in [-0.25, -0.2) is 14.4 Å². The molecule has 68 valence electrons. The van der Waals surface area contributed by atoms with Gasteiger partial charge < -0.3 is 5.11 Å². The van der Waals surface area contributed by atoms with Gasteiger partial charge in [0.2, 0.25) is 5.82 Å². The molecule has 1 N–H and O–H groups in total. The molecule has 0 atom stereocenters. The standard InChI is InChI=1S/C9H9FN2O/c10-8-6-11-9(12-7-8)4-2-1-3-5-13/h6-7,13H,1,3,5H2. The molecule has 0 saturated carbocycles. The van der Waals surface area contributed by atoms with Gasteiger partial charge in [-0.05, 0) is 12.3 Å². The van der Waals surface area contributed by atoms with Crippen LogP contribution in [-0.2, 0) is 0 Å². The summed E-state index contributed by atoms with van der Waals surface area (Å²) in [6.07, 6.45) is 3.37. The Hall–Kier alpha value is -1.47. The molecule has 0 fully saturated rings. The molecular formula is C9H9FN2O. The third-order valence-electron chi connectivity index (χ3n) is 1.28. The largest absolute Gasteiger partial charge is 0.396 e. The van der Waals surface area contributed by atoms with Crippen molar-refractivity contribution in [2.45, 2.75) is 12.8 Å². The molecule has 0 aliphatic rings. The molecule has 1 rings (SSSR count). The summed E-state index contributed by atoms with van der Waals surface area (Å²) in [7, 11) is 0. The van der Waals surface area contributed by atoms with E-state index in [1.807, 2.05) is 0 Å². The molecule has 0 spiro atoms. The lowest BCUT2D eigenvalue weighted by Crippen LogP contribution is -1.88. The summed E-state index contributed by atoms with van der Waals surface area (Å²) in [5.41, 5.74) is 0. The van der Waals surface area contributed by atoms with E-state index in [1.165, 1.54) is 0 Å². The maximum absolute atomic E-state index is 12.3. The number of aliphatic hydroxyl groups excluding tert-OH is 1. The highest BCUT2D eigenvalue weighted by Gasteiger charge is 1.90. The second kappa shape index (κ2) is 5.22. The first-order valence-corrected chi connectivity index (χ1v) is 3.90. The van der Waals surface area contributed by atoms with E-state index in [9.17, 15) is 4.39 Å². The van der Waals surface area contributed by atoms with Gasteiger partial charge >= 0.3 is 0 Å². The number of hydrogen-bond donors (Lipinski definition) is 1. The van der Waals surface area contributed by atoms with E-state index < -0.39 is 5.82 Å². The van der Waals surface area contributed by atoms with Crippen molar-refractivity contribution in [3.05, 3.63) is 24.0 Å². The highest BCUT2D eigenvalue weighted by Crippen LogP contribution is 1.91. The van der Waals surface area contributed by atoms with Gasteiger partial charge in [-0.3, -0.25) is 0 Å². The second-order valence-electron chi connectivity index (χ2n) is 2.35. The van der Waals surface area contributed by atoms with Crippen molar-refractivity contribution in [3.63, 3.8) is 0 Å². The Labute approximate surface area is 75.7 Å². The fraction of sp³-hybridized carbons (Fsp3) is 0.333. The number of unbranched alkanes of at least 4 members (excludes halogenated alkanes) is 1. The van der Waals surface area contributed by atoms with Gasteiger partial charge in [0.05, 0.1) is 12.4 Å². The average Bonchev–Trinajstić information content (AvgIpc) is 2.15. The highest BCUT2D eigenvalue weighted by molar-refractivity contribution is 5.19. The first-order valence-electron chi connectivity index (χ1n) is 3.90. The number of halogens is 1. The zero-order chi connectivity index (χ0) is 9.52. The Morgan fingerprint density at radius 3 is 2.69 bits per heavy atom. The zero-order valence-corrected chi connectivity index (χ0v) is 7.00. The van der Waals surface area contributed by atoms with Gasteiger partial charge in [0.15, 0.2) is 5.82 Å². The van der Waals surface area contributed by atoms with Crippen LogP contribution in [0.5, 0.6) is 0 Å². The zero-order valence-electron chi connectivity index (χ0n) is 7.00. The molecule has 0 unspecified atom stereocenters. The third-order valence-corrected chi connectivity index (χ3v) is 1.28. The first kappa shape index (κ1) is 9.62. The summed E-state index contributed by atoms with van der Waals surface area (Å²) in [5.74, 6) is 5.25. The van der Waals surface area contributed by atoms with Crippen LogP contribution < -0.4 is 0 Å². The fourth-order valence-electron chi connectivity index (χ4n) is 0.686. The van der Waals surface area contributed by atoms with Crippen molar-refractivity contribution in [1.29, 1.82) is 0 Å². The summed E-state index contributed by atoms with van der Waals surface area (Å²) < 4.78 is 12.3. The van der Waals surface area contributed by atoms with Crippen LogP contribution in [0.1, 0.15) is 18.7 Å². The fourth-order valence-corrected chi connectivity index (χ4v) is 0.686. The maximum Gasteiger partial charge on any atom is 0.204 e. The van der Waals surface area contributed by atoms with Crippen molar-refractivity contribution < 1.29 is 9.50 Å². The smallest absolute Gasteiger partial charge is 0.204 e. The average molecular weight is 180 g/mol. The molecule has 1 heterocycles. The lowest BCUT2D eigenvalue weighted by molar-refractivity contribution is 0.290. The molecule has 0 radical (unpaired) electrons. The maximum atomic E-state index is 12.3. The van der Waals surface area contributed by atoms with E-state index >= 15 is 0 Å². The lowest BCUT2D eigenvalue weighted by atomic mass is 10.3.